The summed E-state index contributed by atoms with van der Waals surface area (Å²) in [5.41, 5.74) is 1.23. The van der Waals surface area contributed by atoms with Crippen molar-refractivity contribution in [1.29, 1.82) is 0 Å². The minimum atomic E-state index is 0.466. The third-order valence-electron chi connectivity index (χ3n) is 3.41. The van der Waals surface area contributed by atoms with Gasteiger partial charge in [0.05, 0.1) is 15.6 Å². The highest BCUT2D eigenvalue weighted by molar-refractivity contribution is 7.71. The molecule has 0 bridgehead atoms. The van der Waals surface area contributed by atoms with Crippen LogP contribution >= 0.6 is 23.6 Å². The van der Waals surface area contributed by atoms with Crippen molar-refractivity contribution in [2.24, 2.45) is 0 Å². The standard InChI is InChI=1S/C13H18N4S2/c1-4-17-11(15-16-13(17)18)10-9(8-5-6-8)14-12(19-10)7(2)3/h7-8H,4-6H2,1-3H3,(H,16,18). The molecule has 0 radical (unpaired) electrons. The fourth-order valence-corrected chi connectivity index (χ4v) is 3.59. The van der Waals surface area contributed by atoms with Crippen molar-refractivity contribution < 1.29 is 0 Å². The van der Waals surface area contributed by atoms with E-state index in [1.54, 1.807) is 11.3 Å². The predicted octanol–water partition coefficient (Wildman–Crippen LogP) is 4.08. The molecule has 0 atom stereocenters. The Balaban J connectivity index is 2.15. The molecular formula is C13H18N4S2. The topological polar surface area (TPSA) is 46.5 Å². The molecule has 1 aliphatic rings. The highest BCUT2D eigenvalue weighted by atomic mass is 32.1. The Hall–Kier alpha value is -1.01. The number of aromatic nitrogens is 4. The van der Waals surface area contributed by atoms with Crippen molar-refractivity contribution in [3.63, 3.8) is 0 Å². The van der Waals surface area contributed by atoms with Gasteiger partial charge in [0, 0.05) is 18.4 Å². The summed E-state index contributed by atoms with van der Waals surface area (Å²) in [4.78, 5) is 6.06. The Bertz CT molecular complexity index is 646. The Labute approximate surface area is 121 Å². The van der Waals surface area contributed by atoms with Crippen LogP contribution in [-0.4, -0.2) is 19.7 Å². The molecule has 4 nitrogen and oxygen atoms in total. The van der Waals surface area contributed by atoms with Crippen LogP contribution in [0, 0.1) is 4.77 Å². The molecule has 102 valence electrons. The largest absolute Gasteiger partial charge is 0.300 e. The molecule has 1 fully saturated rings. The number of nitrogens with one attached hydrogen (secondary N) is 1. The fraction of sp³-hybridized carbons (Fsp3) is 0.615. The van der Waals surface area contributed by atoms with Crippen LogP contribution in [0.2, 0.25) is 0 Å². The molecule has 2 aromatic heterocycles. The van der Waals surface area contributed by atoms with E-state index in [4.69, 9.17) is 17.2 Å². The molecule has 0 aliphatic heterocycles. The number of hydrogen-bond acceptors (Lipinski definition) is 4. The summed E-state index contributed by atoms with van der Waals surface area (Å²) in [5.74, 6) is 2.06. The third kappa shape index (κ3) is 2.27. The zero-order chi connectivity index (χ0) is 13.6. The van der Waals surface area contributed by atoms with Gasteiger partial charge in [-0.2, -0.15) is 5.10 Å². The van der Waals surface area contributed by atoms with Crippen LogP contribution in [-0.2, 0) is 6.54 Å². The summed E-state index contributed by atoms with van der Waals surface area (Å²) in [6.45, 7) is 7.31. The highest BCUT2D eigenvalue weighted by Crippen LogP contribution is 2.46. The van der Waals surface area contributed by atoms with E-state index in [0.717, 1.165) is 12.4 Å². The Morgan fingerprint density at radius 3 is 2.79 bits per heavy atom. The summed E-state index contributed by atoms with van der Waals surface area (Å²) >= 11 is 7.06. The van der Waals surface area contributed by atoms with Crippen LogP contribution in [0.25, 0.3) is 10.7 Å². The summed E-state index contributed by atoms with van der Waals surface area (Å²) in [6, 6.07) is 0. The molecule has 2 aromatic rings. The Kier molecular flexibility index (Phi) is 3.30. The van der Waals surface area contributed by atoms with E-state index in [-0.39, 0.29) is 0 Å². The summed E-state index contributed by atoms with van der Waals surface area (Å²) in [7, 11) is 0. The van der Waals surface area contributed by atoms with Crippen LogP contribution < -0.4 is 0 Å². The second-order valence-corrected chi connectivity index (χ2v) is 6.71. The number of H-pyrrole nitrogens is 1. The van der Waals surface area contributed by atoms with Gasteiger partial charge >= 0.3 is 0 Å². The SMILES string of the molecule is CCn1c(-c2sc(C(C)C)nc2C2CC2)n[nH]c1=S. The van der Waals surface area contributed by atoms with Crippen molar-refractivity contribution >= 4 is 23.6 Å². The molecule has 3 rings (SSSR count). The molecule has 1 aliphatic carbocycles. The first-order chi connectivity index (χ1) is 9.11. The van der Waals surface area contributed by atoms with Crippen LogP contribution in [0.3, 0.4) is 0 Å². The van der Waals surface area contributed by atoms with Crippen LogP contribution in [0.15, 0.2) is 0 Å². The van der Waals surface area contributed by atoms with Gasteiger partial charge in [0.15, 0.2) is 10.6 Å². The van der Waals surface area contributed by atoms with E-state index in [2.05, 4.69) is 35.5 Å². The van der Waals surface area contributed by atoms with Gasteiger partial charge in [0.1, 0.15) is 0 Å². The number of nitrogens with zero attached hydrogens (tertiary/aromatic N) is 3. The second-order valence-electron chi connectivity index (χ2n) is 5.29. The summed E-state index contributed by atoms with van der Waals surface area (Å²) in [6.07, 6.45) is 2.51. The van der Waals surface area contributed by atoms with Gasteiger partial charge in [-0.15, -0.1) is 11.3 Å². The lowest BCUT2D eigenvalue weighted by atomic mass is 10.2. The maximum atomic E-state index is 5.28. The number of rotatable bonds is 4. The quantitative estimate of drug-likeness (QED) is 0.864. The van der Waals surface area contributed by atoms with Gasteiger partial charge in [0.2, 0.25) is 0 Å². The Morgan fingerprint density at radius 1 is 1.47 bits per heavy atom. The zero-order valence-corrected chi connectivity index (χ0v) is 13.1. The number of hydrogen-bond donors (Lipinski definition) is 1. The zero-order valence-electron chi connectivity index (χ0n) is 11.4. The molecule has 0 spiro atoms. The van der Waals surface area contributed by atoms with Gasteiger partial charge in [0.25, 0.3) is 0 Å². The smallest absolute Gasteiger partial charge is 0.195 e. The first kappa shape index (κ1) is 13.0. The maximum Gasteiger partial charge on any atom is 0.195 e. The van der Waals surface area contributed by atoms with E-state index >= 15 is 0 Å². The second kappa shape index (κ2) is 4.83. The van der Waals surface area contributed by atoms with E-state index in [0.29, 0.717) is 16.6 Å². The lowest BCUT2D eigenvalue weighted by molar-refractivity contribution is 0.755. The van der Waals surface area contributed by atoms with E-state index < -0.39 is 0 Å². The predicted molar refractivity (Wildman–Crippen MR) is 80.3 cm³/mol. The molecule has 19 heavy (non-hydrogen) atoms. The lowest BCUT2D eigenvalue weighted by Gasteiger charge is -2.02. The molecular weight excluding hydrogens is 276 g/mol. The average Bonchev–Trinajstić information content (AvgIpc) is 3.01. The first-order valence-corrected chi connectivity index (χ1v) is 8.00. The Morgan fingerprint density at radius 2 is 2.21 bits per heavy atom. The first-order valence-electron chi connectivity index (χ1n) is 6.78. The van der Waals surface area contributed by atoms with Gasteiger partial charge in [-0.05, 0) is 32.0 Å². The average molecular weight is 294 g/mol. The van der Waals surface area contributed by atoms with Gasteiger partial charge in [-0.1, -0.05) is 13.8 Å². The number of thiazole rings is 1. The summed E-state index contributed by atoms with van der Waals surface area (Å²) < 4.78 is 2.75. The van der Waals surface area contributed by atoms with Crippen LogP contribution in [0.4, 0.5) is 0 Å². The third-order valence-corrected chi connectivity index (χ3v) is 5.08. The number of aromatic amines is 1. The highest BCUT2D eigenvalue weighted by Gasteiger charge is 2.32. The van der Waals surface area contributed by atoms with Gasteiger partial charge in [-0.25, -0.2) is 4.98 Å². The van der Waals surface area contributed by atoms with E-state index in [9.17, 15) is 0 Å². The van der Waals surface area contributed by atoms with Crippen LogP contribution in [0.1, 0.15) is 56.2 Å². The van der Waals surface area contributed by atoms with Gasteiger partial charge < -0.3 is 0 Å². The summed E-state index contributed by atoms with van der Waals surface area (Å²) in [5, 5.41) is 8.53. The molecule has 1 saturated carbocycles. The maximum absolute atomic E-state index is 5.28. The van der Waals surface area contributed by atoms with Gasteiger partial charge in [-0.3, -0.25) is 9.67 Å². The molecule has 6 heteroatoms. The molecule has 0 saturated heterocycles. The van der Waals surface area contributed by atoms with E-state index in [1.807, 2.05) is 0 Å². The lowest BCUT2D eigenvalue weighted by Crippen LogP contribution is -1.98. The van der Waals surface area contributed by atoms with E-state index in [1.165, 1.54) is 28.4 Å². The molecule has 0 unspecified atom stereocenters. The minimum absolute atomic E-state index is 0.466. The monoisotopic (exact) mass is 294 g/mol. The normalized spacial score (nSPS) is 15.4. The molecule has 2 heterocycles. The molecule has 0 amide bonds. The fourth-order valence-electron chi connectivity index (χ4n) is 2.17. The van der Waals surface area contributed by atoms with Crippen molar-refractivity contribution in [1.82, 2.24) is 19.7 Å². The molecule has 1 N–H and O–H groups in total. The molecule has 0 aromatic carbocycles. The van der Waals surface area contributed by atoms with Crippen molar-refractivity contribution in [2.75, 3.05) is 0 Å². The minimum Gasteiger partial charge on any atom is -0.300 e. The van der Waals surface area contributed by atoms with Crippen molar-refractivity contribution in [3.8, 4) is 10.7 Å². The van der Waals surface area contributed by atoms with Crippen LogP contribution in [0.5, 0.6) is 0 Å². The van der Waals surface area contributed by atoms with Crippen molar-refractivity contribution in [2.45, 2.75) is 52.0 Å². The van der Waals surface area contributed by atoms with Crippen molar-refractivity contribution in [3.05, 3.63) is 15.5 Å².